The monoisotopic (exact) mass is 201 g/mol. The average Bonchev–Trinajstić information content (AvgIpc) is 2.82. The Morgan fingerprint density at radius 3 is 2.47 bits per heavy atom. The van der Waals surface area contributed by atoms with Crippen molar-refractivity contribution in [2.45, 2.75) is 6.10 Å². The number of hydrogen-bond acceptors (Lipinski definition) is 2. The minimum absolute atomic E-state index is 0.293. The standard InChI is InChI=1S/C12H11NO2/c14-11(9-5-2-1-3-6-9)12(15)10-7-4-8-13-10/h1-8,12-13,15H/t12-/m0/s1. The van der Waals surface area contributed by atoms with Gasteiger partial charge in [-0.1, -0.05) is 30.3 Å². The molecule has 1 heterocycles. The number of benzene rings is 1. The van der Waals surface area contributed by atoms with E-state index in [9.17, 15) is 9.90 Å². The third-order valence-electron chi connectivity index (χ3n) is 2.22. The Kier molecular flexibility index (Phi) is 2.65. The number of aliphatic hydroxyl groups is 1. The number of Topliss-reactive ketones (excluding diaryl/α,β-unsaturated/α-hetero) is 1. The van der Waals surface area contributed by atoms with Gasteiger partial charge in [0.1, 0.15) is 0 Å². The Balaban J connectivity index is 2.23. The van der Waals surface area contributed by atoms with Crippen LogP contribution in [0.5, 0.6) is 0 Å². The van der Waals surface area contributed by atoms with E-state index in [1.807, 2.05) is 6.07 Å². The Morgan fingerprint density at radius 1 is 1.13 bits per heavy atom. The number of carbonyl (C=O) groups is 1. The fourth-order valence-electron chi connectivity index (χ4n) is 1.42. The molecule has 0 aliphatic carbocycles. The smallest absolute Gasteiger partial charge is 0.197 e. The van der Waals surface area contributed by atoms with Gasteiger partial charge in [0.15, 0.2) is 11.9 Å². The molecule has 0 unspecified atom stereocenters. The lowest BCUT2D eigenvalue weighted by Crippen LogP contribution is -2.12. The van der Waals surface area contributed by atoms with E-state index < -0.39 is 6.10 Å². The lowest BCUT2D eigenvalue weighted by molar-refractivity contribution is 0.0741. The van der Waals surface area contributed by atoms with E-state index in [0.717, 1.165) is 0 Å². The van der Waals surface area contributed by atoms with Gasteiger partial charge in [-0.25, -0.2) is 0 Å². The van der Waals surface area contributed by atoms with Gasteiger partial charge in [-0.15, -0.1) is 0 Å². The first-order chi connectivity index (χ1) is 7.29. The highest BCUT2D eigenvalue weighted by atomic mass is 16.3. The molecule has 76 valence electrons. The molecule has 0 saturated carbocycles. The molecule has 1 aromatic heterocycles. The summed E-state index contributed by atoms with van der Waals surface area (Å²) in [5, 5.41) is 9.75. The molecule has 0 spiro atoms. The van der Waals surface area contributed by atoms with Gasteiger partial charge in [-0.2, -0.15) is 0 Å². The van der Waals surface area contributed by atoms with Crippen LogP contribution < -0.4 is 0 Å². The summed E-state index contributed by atoms with van der Waals surface area (Å²) in [6.07, 6.45) is 0.569. The van der Waals surface area contributed by atoms with Gasteiger partial charge < -0.3 is 10.1 Å². The predicted molar refractivity (Wildman–Crippen MR) is 56.5 cm³/mol. The summed E-state index contributed by atoms with van der Waals surface area (Å²) in [6.45, 7) is 0. The van der Waals surface area contributed by atoms with E-state index >= 15 is 0 Å². The van der Waals surface area contributed by atoms with Crippen molar-refractivity contribution in [1.82, 2.24) is 4.98 Å². The molecule has 0 bridgehead atoms. The van der Waals surface area contributed by atoms with E-state index in [-0.39, 0.29) is 5.78 Å². The van der Waals surface area contributed by atoms with E-state index in [1.165, 1.54) is 0 Å². The van der Waals surface area contributed by atoms with Crippen LogP contribution in [0.2, 0.25) is 0 Å². The summed E-state index contributed by atoms with van der Waals surface area (Å²) >= 11 is 0. The summed E-state index contributed by atoms with van der Waals surface area (Å²) in [5.41, 5.74) is 1.03. The maximum absolute atomic E-state index is 11.8. The number of carbonyl (C=O) groups excluding carboxylic acids is 1. The zero-order valence-corrected chi connectivity index (χ0v) is 8.05. The summed E-state index contributed by atoms with van der Waals surface area (Å²) in [7, 11) is 0. The molecular weight excluding hydrogens is 190 g/mol. The quantitative estimate of drug-likeness (QED) is 0.745. The Bertz CT molecular complexity index is 434. The van der Waals surface area contributed by atoms with Gasteiger partial charge >= 0.3 is 0 Å². The first-order valence-corrected chi connectivity index (χ1v) is 4.69. The van der Waals surface area contributed by atoms with Crippen molar-refractivity contribution in [3.8, 4) is 0 Å². The Hall–Kier alpha value is -1.87. The summed E-state index contributed by atoms with van der Waals surface area (Å²) in [4.78, 5) is 14.6. The van der Waals surface area contributed by atoms with Crippen LogP contribution in [0, 0.1) is 0 Å². The molecule has 0 aliphatic heterocycles. The zero-order valence-electron chi connectivity index (χ0n) is 8.05. The number of nitrogens with one attached hydrogen (secondary N) is 1. The highest BCUT2D eigenvalue weighted by Gasteiger charge is 2.19. The maximum atomic E-state index is 11.8. The summed E-state index contributed by atoms with van der Waals surface area (Å²) < 4.78 is 0. The third-order valence-corrected chi connectivity index (χ3v) is 2.22. The van der Waals surface area contributed by atoms with E-state index in [1.54, 1.807) is 42.6 Å². The minimum Gasteiger partial charge on any atom is -0.379 e. The average molecular weight is 201 g/mol. The topological polar surface area (TPSA) is 53.1 Å². The first kappa shape index (κ1) is 9.68. The lowest BCUT2D eigenvalue weighted by atomic mass is 10.0. The molecule has 2 aromatic rings. The molecule has 0 fully saturated rings. The van der Waals surface area contributed by atoms with Crippen LogP contribution in [0.4, 0.5) is 0 Å². The molecule has 15 heavy (non-hydrogen) atoms. The van der Waals surface area contributed by atoms with Crippen molar-refractivity contribution in [3.63, 3.8) is 0 Å². The van der Waals surface area contributed by atoms with Crippen LogP contribution in [0.15, 0.2) is 48.7 Å². The fourth-order valence-corrected chi connectivity index (χ4v) is 1.42. The molecule has 1 atom stereocenters. The minimum atomic E-state index is -1.11. The highest BCUT2D eigenvalue weighted by Crippen LogP contribution is 2.16. The number of hydrogen-bond donors (Lipinski definition) is 2. The van der Waals surface area contributed by atoms with Gasteiger partial charge in [-0.05, 0) is 12.1 Å². The van der Waals surface area contributed by atoms with Crippen molar-refractivity contribution >= 4 is 5.78 Å². The molecule has 0 radical (unpaired) electrons. The molecule has 0 saturated heterocycles. The number of ketones is 1. The molecule has 0 aliphatic rings. The number of aromatic nitrogens is 1. The van der Waals surface area contributed by atoms with Crippen LogP contribution in [-0.4, -0.2) is 15.9 Å². The largest absolute Gasteiger partial charge is 0.379 e. The molecule has 3 heteroatoms. The number of H-pyrrole nitrogens is 1. The summed E-state index contributed by atoms with van der Waals surface area (Å²) in [6, 6.07) is 12.2. The van der Waals surface area contributed by atoms with Crippen LogP contribution in [0.25, 0.3) is 0 Å². The Labute approximate surface area is 87.4 Å². The van der Waals surface area contributed by atoms with Gasteiger partial charge in [0.05, 0.1) is 5.69 Å². The van der Waals surface area contributed by atoms with Gasteiger partial charge in [0, 0.05) is 11.8 Å². The zero-order chi connectivity index (χ0) is 10.7. The second-order valence-electron chi connectivity index (χ2n) is 3.26. The van der Waals surface area contributed by atoms with Crippen LogP contribution in [0.1, 0.15) is 22.2 Å². The van der Waals surface area contributed by atoms with E-state index in [0.29, 0.717) is 11.3 Å². The molecular formula is C12H11NO2. The van der Waals surface area contributed by atoms with E-state index in [2.05, 4.69) is 4.98 Å². The van der Waals surface area contributed by atoms with Gasteiger partial charge in [0.25, 0.3) is 0 Å². The summed E-state index contributed by atoms with van der Waals surface area (Å²) in [5.74, 6) is -0.293. The van der Waals surface area contributed by atoms with Crippen LogP contribution in [-0.2, 0) is 0 Å². The number of aromatic amines is 1. The second kappa shape index (κ2) is 4.11. The third kappa shape index (κ3) is 1.97. The first-order valence-electron chi connectivity index (χ1n) is 4.69. The lowest BCUT2D eigenvalue weighted by Gasteiger charge is -2.07. The van der Waals surface area contributed by atoms with Crippen molar-refractivity contribution in [2.75, 3.05) is 0 Å². The maximum Gasteiger partial charge on any atom is 0.197 e. The van der Waals surface area contributed by atoms with Gasteiger partial charge in [-0.3, -0.25) is 4.79 Å². The Morgan fingerprint density at radius 2 is 1.87 bits per heavy atom. The van der Waals surface area contributed by atoms with Gasteiger partial charge in [0.2, 0.25) is 0 Å². The molecule has 2 N–H and O–H groups in total. The SMILES string of the molecule is O=C(c1ccccc1)[C@@H](O)c1ccc[nH]1. The van der Waals surface area contributed by atoms with Crippen molar-refractivity contribution in [1.29, 1.82) is 0 Å². The normalized spacial score (nSPS) is 12.3. The fraction of sp³-hybridized carbons (Fsp3) is 0.0833. The molecule has 2 rings (SSSR count). The molecule has 0 amide bonds. The highest BCUT2D eigenvalue weighted by molar-refractivity contribution is 5.99. The molecule has 1 aromatic carbocycles. The second-order valence-corrected chi connectivity index (χ2v) is 3.26. The van der Waals surface area contributed by atoms with E-state index in [4.69, 9.17) is 0 Å². The molecule has 3 nitrogen and oxygen atoms in total. The number of aliphatic hydroxyl groups excluding tert-OH is 1. The predicted octanol–water partition coefficient (Wildman–Crippen LogP) is 1.93. The van der Waals surface area contributed by atoms with Crippen LogP contribution in [0.3, 0.4) is 0 Å². The number of rotatable bonds is 3. The van der Waals surface area contributed by atoms with Crippen molar-refractivity contribution in [3.05, 3.63) is 59.9 Å². The van der Waals surface area contributed by atoms with Crippen LogP contribution >= 0.6 is 0 Å². The van der Waals surface area contributed by atoms with Crippen molar-refractivity contribution < 1.29 is 9.90 Å². The van der Waals surface area contributed by atoms with Crippen molar-refractivity contribution in [2.24, 2.45) is 0 Å².